The summed E-state index contributed by atoms with van der Waals surface area (Å²) in [5.74, 6) is -0.582. The Morgan fingerprint density at radius 1 is 1.00 bits per heavy atom. The second-order valence-electron chi connectivity index (χ2n) is 11.3. The third kappa shape index (κ3) is 4.00. The third-order valence-corrected chi connectivity index (χ3v) is 10.8. The maximum atomic E-state index is 14.4. The van der Waals surface area contributed by atoms with Crippen LogP contribution in [0.3, 0.4) is 0 Å². The van der Waals surface area contributed by atoms with E-state index < -0.39 is 22.3 Å². The molecule has 0 spiro atoms. The number of ether oxygens (including phenoxy) is 2. The summed E-state index contributed by atoms with van der Waals surface area (Å²) in [6, 6.07) is 23.7. The molecule has 0 saturated carbocycles. The molecule has 3 aromatic carbocycles. The predicted molar refractivity (Wildman–Crippen MR) is 160 cm³/mol. The van der Waals surface area contributed by atoms with Gasteiger partial charge in [-0.3, -0.25) is 4.90 Å². The molecular weight excluding hydrogens is 548 g/mol. The number of carbonyl (C=O) groups is 1. The van der Waals surface area contributed by atoms with E-state index in [9.17, 15) is 13.2 Å². The molecule has 7 nitrogen and oxygen atoms in total. The number of aromatic nitrogens is 1. The number of hydrogen-bond donors (Lipinski definition) is 0. The first kappa shape index (κ1) is 27.1. The normalized spacial score (nSPS) is 25.1. The summed E-state index contributed by atoms with van der Waals surface area (Å²) in [4.78, 5) is 15.9. The van der Waals surface area contributed by atoms with Crippen molar-refractivity contribution in [3.63, 3.8) is 0 Å². The summed E-state index contributed by atoms with van der Waals surface area (Å²) in [6.07, 6.45) is 2.90. The monoisotopic (exact) mass is 582 g/mol. The van der Waals surface area contributed by atoms with E-state index in [1.165, 1.54) is 20.7 Å². The Morgan fingerprint density at radius 3 is 2.52 bits per heavy atom. The minimum atomic E-state index is -3.99. The molecule has 0 unspecified atom stereocenters. The van der Waals surface area contributed by atoms with Gasteiger partial charge in [0, 0.05) is 23.3 Å². The van der Waals surface area contributed by atoms with Crippen LogP contribution in [0.2, 0.25) is 0 Å². The Hall–Kier alpha value is -3.72. The van der Waals surface area contributed by atoms with Gasteiger partial charge in [0.05, 0.1) is 40.9 Å². The predicted octanol–water partition coefficient (Wildman–Crippen LogP) is 6.08. The molecule has 0 radical (unpaired) electrons. The van der Waals surface area contributed by atoms with Crippen molar-refractivity contribution in [3.8, 4) is 0 Å². The molecule has 1 aliphatic carbocycles. The van der Waals surface area contributed by atoms with Crippen LogP contribution < -0.4 is 0 Å². The highest BCUT2D eigenvalue weighted by atomic mass is 32.2. The first-order chi connectivity index (χ1) is 20.3. The van der Waals surface area contributed by atoms with Crippen LogP contribution in [0.4, 0.5) is 0 Å². The quantitative estimate of drug-likeness (QED) is 0.257. The van der Waals surface area contributed by atoms with Crippen molar-refractivity contribution < 1.29 is 22.7 Å². The zero-order valence-electron chi connectivity index (χ0n) is 23.9. The van der Waals surface area contributed by atoms with Gasteiger partial charge in [0.25, 0.3) is 10.0 Å². The molecule has 0 bridgehead atoms. The van der Waals surface area contributed by atoms with Crippen LogP contribution in [0.5, 0.6) is 0 Å². The van der Waals surface area contributed by atoms with E-state index >= 15 is 0 Å². The van der Waals surface area contributed by atoms with Crippen molar-refractivity contribution in [1.82, 2.24) is 8.87 Å². The van der Waals surface area contributed by atoms with E-state index in [1.54, 1.807) is 37.3 Å². The van der Waals surface area contributed by atoms with E-state index in [2.05, 4.69) is 36.9 Å². The number of nitrogens with zero attached hydrogens (tertiary/aromatic N) is 2. The lowest BCUT2D eigenvalue weighted by molar-refractivity contribution is -0.141. The Labute approximate surface area is 246 Å². The molecule has 216 valence electrons. The highest BCUT2D eigenvalue weighted by molar-refractivity contribution is 7.90. The number of hydrogen-bond acceptors (Lipinski definition) is 6. The van der Waals surface area contributed by atoms with Crippen LogP contribution in [0.15, 0.2) is 95.4 Å². The summed E-state index contributed by atoms with van der Waals surface area (Å²) in [5, 5.41) is 0.812. The van der Waals surface area contributed by atoms with Gasteiger partial charge >= 0.3 is 5.97 Å². The first-order valence-electron chi connectivity index (χ1n) is 14.7. The fourth-order valence-electron chi connectivity index (χ4n) is 7.31. The molecule has 5 atom stereocenters. The highest BCUT2D eigenvalue weighted by Crippen LogP contribution is 2.55. The minimum absolute atomic E-state index is 0.0730. The van der Waals surface area contributed by atoms with Gasteiger partial charge in [0.1, 0.15) is 6.23 Å². The van der Waals surface area contributed by atoms with Gasteiger partial charge in [-0.15, -0.1) is 0 Å². The lowest BCUT2D eigenvalue weighted by atomic mass is 9.85. The van der Waals surface area contributed by atoms with Crippen LogP contribution in [0, 0.1) is 12.8 Å². The standard InChI is InChI=1S/C34H34N2O5S/c1-4-25-26(34(37)40-5-2)20-28(35-32-30(41-33(25)35)19-23-14-11-12-21(3)31(23)32)29-18-22-13-9-10-17-27(22)36(29)42(38,39)24-15-7-6-8-16-24/h6-18,20,25,28,30,32-33H,4-5,19H2,1-3H3/t25-,28-,30+,32+,33+/m0/s1. The van der Waals surface area contributed by atoms with Gasteiger partial charge in [-0.2, -0.15) is 0 Å². The van der Waals surface area contributed by atoms with Crippen molar-refractivity contribution >= 4 is 26.9 Å². The molecule has 42 heavy (non-hydrogen) atoms. The van der Waals surface area contributed by atoms with Crippen molar-refractivity contribution in [1.29, 1.82) is 0 Å². The number of fused-ring (bicyclic) bond motifs is 6. The average Bonchev–Trinajstić information content (AvgIpc) is 3.67. The fraction of sp³-hybridized carbons (Fsp3) is 0.324. The van der Waals surface area contributed by atoms with E-state index in [-0.39, 0.29) is 35.5 Å². The Bertz CT molecular complexity index is 1830. The number of carbonyl (C=O) groups excluding carboxylic acids is 1. The van der Waals surface area contributed by atoms with Crippen LogP contribution in [0.1, 0.15) is 54.7 Å². The number of para-hydroxylation sites is 1. The van der Waals surface area contributed by atoms with E-state index in [0.29, 0.717) is 23.2 Å². The van der Waals surface area contributed by atoms with Crippen LogP contribution in [-0.2, 0) is 30.7 Å². The van der Waals surface area contributed by atoms with E-state index in [4.69, 9.17) is 9.47 Å². The molecular formula is C34H34N2O5S. The lowest BCUT2D eigenvalue weighted by Gasteiger charge is -2.42. The molecule has 8 heteroatoms. The minimum Gasteiger partial charge on any atom is -0.463 e. The molecule has 1 fully saturated rings. The van der Waals surface area contributed by atoms with Crippen molar-refractivity contribution in [3.05, 3.63) is 113 Å². The van der Waals surface area contributed by atoms with E-state index in [1.807, 2.05) is 36.4 Å². The zero-order chi connectivity index (χ0) is 29.2. The topological polar surface area (TPSA) is 77.8 Å². The molecule has 3 aliphatic rings. The number of aryl methyl sites for hydroxylation is 1. The molecule has 2 aliphatic heterocycles. The number of benzene rings is 3. The maximum absolute atomic E-state index is 14.4. The Morgan fingerprint density at radius 2 is 1.76 bits per heavy atom. The largest absolute Gasteiger partial charge is 0.463 e. The summed E-state index contributed by atoms with van der Waals surface area (Å²) in [6.45, 7) is 6.24. The third-order valence-electron chi connectivity index (χ3n) is 9.04. The summed E-state index contributed by atoms with van der Waals surface area (Å²) in [7, 11) is -3.99. The Kier molecular flexibility index (Phi) is 6.60. The molecule has 1 aromatic heterocycles. The second-order valence-corrected chi connectivity index (χ2v) is 13.1. The summed E-state index contributed by atoms with van der Waals surface area (Å²) in [5.41, 5.74) is 5.40. The summed E-state index contributed by atoms with van der Waals surface area (Å²) >= 11 is 0. The molecule has 4 aromatic rings. The van der Waals surface area contributed by atoms with Gasteiger partial charge in [0.15, 0.2) is 0 Å². The van der Waals surface area contributed by atoms with Crippen LogP contribution in [0.25, 0.3) is 10.9 Å². The molecule has 7 rings (SSSR count). The van der Waals surface area contributed by atoms with Gasteiger partial charge < -0.3 is 9.47 Å². The van der Waals surface area contributed by atoms with Crippen LogP contribution >= 0.6 is 0 Å². The van der Waals surface area contributed by atoms with Gasteiger partial charge in [-0.05, 0) is 61.2 Å². The van der Waals surface area contributed by atoms with Crippen molar-refractivity contribution in [2.45, 2.75) is 62.9 Å². The SMILES string of the molecule is CCOC(=O)C1=C[C@@H](c2cc3ccccc3n2S(=O)(=O)c2ccccc2)N2[C@H](O[C@@H]3Cc4cccc(C)c4[C@@H]32)[C@H]1CC. The van der Waals surface area contributed by atoms with Gasteiger partial charge in [-0.1, -0.05) is 67.6 Å². The van der Waals surface area contributed by atoms with Gasteiger partial charge in [-0.25, -0.2) is 17.2 Å². The summed E-state index contributed by atoms with van der Waals surface area (Å²) < 4.78 is 42.6. The first-order valence-corrected chi connectivity index (χ1v) is 16.1. The molecule has 0 amide bonds. The zero-order valence-corrected chi connectivity index (χ0v) is 24.8. The van der Waals surface area contributed by atoms with Crippen molar-refractivity contribution in [2.24, 2.45) is 5.92 Å². The average molecular weight is 583 g/mol. The molecule has 0 N–H and O–H groups in total. The van der Waals surface area contributed by atoms with Crippen molar-refractivity contribution in [2.75, 3.05) is 6.61 Å². The smallest absolute Gasteiger partial charge is 0.334 e. The number of rotatable bonds is 6. The molecule has 1 saturated heterocycles. The van der Waals surface area contributed by atoms with Gasteiger partial charge in [0.2, 0.25) is 0 Å². The Balaban J connectivity index is 1.50. The lowest BCUT2D eigenvalue weighted by Crippen LogP contribution is -2.46. The van der Waals surface area contributed by atoms with Crippen LogP contribution in [-0.4, -0.2) is 42.2 Å². The maximum Gasteiger partial charge on any atom is 0.334 e. The molecule has 3 heterocycles. The van der Waals surface area contributed by atoms with E-state index in [0.717, 1.165) is 11.8 Å². The fourth-order valence-corrected chi connectivity index (χ4v) is 8.89. The highest BCUT2D eigenvalue weighted by Gasteiger charge is 2.56. The second kappa shape index (κ2) is 10.2. The number of esters is 1.